The Morgan fingerprint density at radius 1 is 1.09 bits per heavy atom. The van der Waals surface area contributed by atoms with E-state index in [9.17, 15) is 4.79 Å². The molecule has 32 heavy (non-hydrogen) atoms. The molecule has 1 aliphatic carbocycles. The highest BCUT2D eigenvalue weighted by Gasteiger charge is 2.58. The van der Waals surface area contributed by atoms with Gasteiger partial charge in [-0.15, -0.1) is 0 Å². The number of nitrogens with zero attached hydrogens (tertiary/aromatic N) is 2. The fourth-order valence-corrected chi connectivity index (χ4v) is 6.16. The van der Waals surface area contributed by atoms with E-state index in [-0.39, 0.29) is 17.2 Å². The number of piperidine rings is 1. The normalized spacial score (nSPS) is 26.2. The van der Waals surface area contributed by atoms with Crippen molar-refractivity contribution in [2.24, 2.45) is 11.3 Å². The first-order valence-corrected chi connectivity index (χ1v) is 12.3. The van der Waals surface area contributed by atoms with Crippen molar-refractivity contribution in [2.75, 3.05) is 44.8 Å². The zero-order valence-corrected chi connectivity index (χ0v) is 19.1. The molecule has 1 spiro atoms. The molecular formula is C25H30ClN3O3. The largest absolute Gasteiger partial charge is 0.381 e. The number of rotatable bonds is 4. The fourth-order valence-electron chi connectivity index (χ4n) is 5.84. The number of likely N-dealkylation sites (tertiary alicyclic amines) is 1. The van der Waals surface area contributed by atoms with Crippen molar-refractivity contribution in [2.45, 2.75) is 44.1 Å². The van der Waals surface area contributed by atoms with Crippen LogP contribution in [-0.2, 0) is 14.3 Å². The van der Waals surface area contributed by atoms with E-state index in [0.29, 0.717) is 17.8 Å². The van der Waals surface area contributed by atoms with Crippen LogP contribution in [-0.4, -0.2) is 61.3 Å². The maximum Gasteiger partial charge on any atom is 0.229 e. The predicted molar refractivity (Wildman–Crippen MR) is 124 cm³/mol. The maximum atomic E-state index is 12.8. The molecule has 4 heterocycles. The average Bonchev–Trinajstić information content (AvgIpc) is 3.46. The van der Waals surface area contributed by atoms with E-state index in [1.165, 1.54) is 5.56 Å². The summed E-state index contributed by atoms with van der Waals surface area (Å²) in [6.07, 6.45) is 7.00. The molecule has 3 aliphatic heterocycles. The highest BCUT2D eigenvalue weighted by atomic mass is 35.5. The Morgan fingerprint density at radius 3 is 2.59 bits per heavy atom. The second-order valence-electron chi connectivity index (χ2n) is 10.0. The maximum absolute atomic E-state index is 12.8. The highest BCUT2D eigenvalue weighted by molar-refractivity contribution is 6.32. The minimum Gasteiger partial charge on any atom is -0.381 e. The molecule has 0 radical (unpaired) electrons. The van der Waals surface area contributed by atoms with Crippen LogP contribution in [0.2, 0.25) is 5.02 Å². The monoisotopic (exact) mass is 455 g/mol. The lowest BCUT2D eigenvalue weighted by molar-refractivity contribution is -0.118. The Kier molecular flexibility index (Phi) is 5.37. The smallest absolute Gasteiger partial charge is 0.229 e. The number of carbonyl (C=O) groups is 1. The molecule has 4 aliphatic rings. The Morgan fingerprint density at radius 2 is 1.88 bits per heavy atom. The first-order chi connectivity index (χ1) is 15.6. The lowest BCUT2D eigenvalue weighted by Crippen LogP contribution is -2.51. The molecule has 7 heteroatoms. The molecule has 6 rings (SSSR count). The van der Waals surface area contributed by atoms with Gasteiger partial charge in [0.05, 0.1) is 19.3 Å². The SMILES string of the molecule is O=C(Nc1cc2cc(C3CCN(C4COC4)CC3)c(Cl)cc2cn1)[C@@H]1CC12CCOCC2. The van der Waals surface area contributed by atoms with Gasteiger partial charge in [0.25, 0.3) is 0 Å². The minimum atomic E-state index is 0.0935. The van der Waals surface area contributed by atoms with Gasteiger partial charge < -0.3 is 14.8 Å². The summed E-state index contributed by atoms with van der Waals surface area (Å²) in [7, 11) is 0. The lowest BCUT2D eigenvalue weighted by atomic mass is 9.87. The van der Waals surface area contributed by atoms with Crippen LogP contribution < -0.4 is 5.32 Å². The van der Waals surface area contributed by atoms with Gasteiger partial charge in [-0.3, -0.25) is 9.69 Å². The number of ether oxygens (including phenoxy) is 2. The fraction of sp³-hybridized carbons (Fsp3) is 0.600. The van der Waals surface area contributed by atoms with Crippen molar-refractivity contribution < 1.29 is 14.3 Å². The van der Waals surface area contributed by atoms with Gasteiger partial charge in [0, 0.05) is 35.7 Å². The van der Waals surface area contributed by atoms with Crippen LogP contribution >= 0.6 is 11.6 Å². The second-order valence-corrected chi connectivity index (χ2v) is 10.4. The quantitative estimate of drug-likeness (QED) is 0.747. The summed E-state index contributed by atoms with van der Waals surface area (Å²) < 4.78 is 10.8. The standard InChI is InChI=1S/C25H30ClN3O3/c26-22-10-18-13-27-23(28-24(30)21-12-25(21)3-7-31-8-4-25)11-17(18)9-20(22)16-1-5-29(6-2-16)19-14-32-15-19/h9-11,13,16,19,21H,1-8,12,14-15H2,(H,27,28,30)/t21-/m0/s1. The van der Waals surface area contributed by atoms with Gasteiger partial charge in [-0.1, -0.05) is 11.6 Å². The van der Waals surface area contributed by atoms with Crippen LogP contribution in [0.25, 0.3) is 10.8 Å². The number of fused-ring (bicyclic) bond motifs is 1. The number of aromatic nitrogens is 1. The second kappa shape index (κ2) is 8.24. The van der Waals surface area contributed by atoms with E-state index in [1.54, 1.807) is 0 Å². The molecule has 3 saturated heterocycles. The summed E-state index contributed by atoms with van der Waals surface area (Å²) in [5, 5.41) is 5.98. The summed E-state index contributed by atoms with van der Waals surface area (Å²) in [4.78, 5) is 19.9. The topological polar surface area (TPSA) is 63.7 Å². The molecular weight excluding hydrogens is 426 g/mol. The molecule has 1 N–H and O–H groups in total. The zero-order chi connectivity index (χ0) is 21.7. The molecule has 1 aromatic heterocycles. The first kappa shape index (κ1) is 20.8. The van der Waals surface area contributed by atoms with Crippen molar-refractivity contribution in [3.8, 4) is 0 Å². The van der Waals surface area contributed by atoms with E-state index in [2.05, 4.69) is 21.3 Å². The molecule has 170 valence electrons. The summed E-state index contributed by atoms with van der Waals surface area (Å²) in [6, 6.07) is 6.83. The zero-order valence-electron chi connectivity index (χ0n) is 18.3. The molecule has 2 aromatic rings. The van der Waals surface area contributed by atoms with Crippen LogP contribution in [0.5, 0.6) is 0 Å². The van der Waals surface area contributed by atoms with Gasteiger partial charge in [-0.05, 0) is 85.7 Å². The molecule has 0 unspecified atom stereocenters. The number of hydrogen-bond acceptors (Lipinski definition) is 5. The highest BCUT2D eigenvalue weighted by Crippen LogP contribution is 2.59. The van der Waals surface area contributed by atoms with E-state index in [1.807, 2.05) is 18.3 Å². The number of hydrogen-bond donors (Lipinski definition) is 1. The Balaban J connectivity index is 1.16. The van der Waals surface area contributed by atoms with Crippen LogP contribution in [0.3, 0.4) is 0 Å². The summed E-state index contributed by atoms with van der Waals surface area (Å²) in [5.41, 5.74) is 1.39. The molecule has 1 amide bonds. The third kappa shape index (κ3) is 3.81. The Hall–Kier alpha value is -1.73. The van der Waals surface area contributed by atoms with Gasteiger partial charge in [-0.25, -0.2) is 4.98 Å². The van der Waals surface area contributed by atoms with E-state index < -0.39 is 0 Å². The van der Waals surface area contributed by atoms with Crippen LogP contribution in [0.4, 0.5) is 5.82 Å². The van der Waals surface area contributed by atoms with Crippen molar-refractivity contribution in [1.29, 1.82) is 0 Å². The van der Waals surface area contributed by atoms with Crippen LogP contribution in [0.15, 0.2) is 24.4 Å². The number of carbonyl (C=O) groups excluding carboxylic acids is 1. The number of halogens is 1. The van der Waals surface area contributed by atoms with Gasteiger partial charge in [0.15, 0.2) is 0 Å². The molecule has 4 fully saturated rings. The van der Waals surface area contributed by atoms with Gasteiger partial charge >= 0.3 is 0 Å². The van der Waals surface area contributed by atoms with Crippen molar-refractivity contribution >= 4 is 34.1 Å². The summed E-state index contributed by atoms with van der Waals surface area (Å²) in [6.45, 7) is 5.49. The average molecular weight is 456 g/mol. The number of anilines is 1. The number of nitrogens with one attached hydrogen (secondary N) is 1. The third-order valence-electron chi connectivity index (χ3n) is 8.19. The molecule has 6 nitrogen and oxygen atoms in total. The van der Waals surface area contributed by atoms with Crippen molar-refractivity contribution in [1.82, 2.24) is 9.88 Å². The molecule has 0 bridgehead atoms. The predicted octanol–water partition coefficient (Wildman–Crippen LogP) is 4.22. The van der Waals surface area contributed by atoms with Crippen molar-refractivity contribution in [3.63, 3.8) is 0 Å². The number of benzene rings is 1. The van der Waals surface area contributed by atoms with E-state index in [4.69, 9.17) is 21.1 Å². The first-order valence-electron chi connectivity index (χ1n) is 11.9. The summed E-state index contributed by atoms with van der Waals surface area (Å²) in [5.74, 6) is 1.29. The molecule has 1 atom stereocenters. The van der Waals surface area contributed by atoms with Gasteiger partial charge in [-0.2, -0.15) is 0 Å². The van der Waals surface area contributed by atoms with Crippen molar-refractivity contribution in [3.05, 3.63) is 35.0 Å². The lowest BCUT2D eigenvalue weighted by Gasteiger charge is -2.41. The van der Waals surface area contributed by atoms with Gasteiger partial charge in [0.2, 0.25) is 5.91 Å². The minimum absolute atomic E-state index is 0.0935. The molecule has 1 aromatic carbocycles. The molecule has 1 saturated carbocycles. The van der Waals surface area contributed by atoms with Crippen LogP contribution in [0, 0.1) is 11.3 Å². The number of amides is 1. The van der Waals surface area contributed by atoms with E-state index in [0.717, 1.165) is 87.4 Å². The third-order valence-corrected chi connectivity index (χ3v) is 8.52. The van der Waals surface area contributed by atoms with E-state index >= 15 is 0 Å². The Bertz CT molecular complexity index is 1030. The number of pyridine rings is 1. The van der Waals surface area contributed by atoms with Gasteiger partial charge in [0.1, 0.15) is 5.82 Å². The summed E-state index contributed by atoms with van der Waals surface area (Å²) >= 11 is 6.69. The van der Waals surface area contributed by atoms with Crippen LogP contribution in [0.1, 0.15) is 43.6 Å². The Labute approximate surface area is 193 Å².